The largest absolute Gasteiger partial charge is 0.481 e. The fourth-order valence-corrected chi connectivity index (χ4v) is 3.33. The molecule has 0 atom stereocenters. The van der Waals surface area contributed by atoms with E-state index in [0.29, 0.717) is 0 Å². The Labute approximate surface area is 104 Å². The number of hydrogen-bond acceptors (Lipinski definition) is 7. The van der Waals surface area contributed by atoms with E-state index < -0.39 is 18.7 Å². The standard InChI is InChI=1S/C4H8O2S6/c5-2(6)1(3(7,8)9)4(10,11)12/h1,7-12H,(H,5,6). The summed E-state index contributed by atoms with van der Waals surface area (Å²) < 4.78 is -2.64. The molecule has 0 bridgehead atoms. The number of carboxylic acids is 1. The summed E-state index contributed by atoms with van der Waals surface area (Å²) in [5, 5.41) is 8.75. The first kappa shape index (κ1) is 13.6. The van der Waals surface area contributed by atoms with E-state index in [9.17, 15) is 4.79 Å². The molecule has 0 saturated carbocycles. The highest BCUT2D eigenvalue weighted by molar-refractivity contribution is 8.19. The van der Waals surface area contributed by atoms with Crippen LogP contribution < -0.4 is 0 Å². The van der Waals surface area contributed by atoms with E-state index in [1.54, 1.807) is 0 Å². The van der Waals surface area contributed by atoms with Gasteiger partial charge in [0.05, 0.1) is 0 Å². The average molecular weight is 281 g/mol. The minimum atomic E-state index is -1.32. The molecule has 0 unspecified atom stereocenters. The fourth-order valence-electron chi connectivity index (χ4n) is 0.591. The van der Waals surface area contributed by atoms with Crippen LogP contribution in [0.25, 0.3) is 0 Å². The Kier molecular flexibility index (Phi) is 4.97. The third-order valence-corrected chi connectivity index (χ3v) is 2.57. The Hall–Kier alpha value is 1.57. The van der Waals surface area contributed by atoms with Crippen LogP contribution in [0.4, 0.5) is 0 Å². The molecule has 0 radical (unpaired) electrons. The predicted molar refractivity (Wildman–Crippen MR) is 70.5 cm³/mol. The van der Waals surface area contributed by atoms with E-state index in [0.717, 1.165) is 0 Å². The van der Waals surface area contributed by atoms with Crippen LogP contribution in [-0.4, -0.2) is 17.9 Å². The Bertz CT molecular complexity index is 165. The molecule has 0 spiro atoms. The lowest BCUT2D eigenvalue weighted by atomic mass is 10.2. The quantitative estimate of drug-likeness (QED) is 0.317. The number of hydrogen-bond donors (Lipinski definition) is 7. The first-order chi connectivity index (χ1) is 5.07. The van der Waals surface area contributed by atoms with Crippen molar-refractivity contribution in [2.24, 2.45) is 5.92 Å². The van der Waals surface area contributed by atoms with E-state index in [-0.39, 0.29) is 0 Å². The molecule has 0 aliphatic heterocycles. The highest BCUT2D eigenvalue weighted by atomic mass is 32.2. The normalized spacial score (nSPS) is 13.6. The van der Waals surface area contributed by atoms with Crippen molar-refractivity contribution in [3.8, 4) is 0 Å². The second kappa shape index (κ2) is 4.39. The van der Waals surface area contributed by atoms with Gasteiger partial charge in [-0.3, -0.25) is 4.79 Å². The van der Waals surface area contributed by atoms with Crippen molar-refractivity contribution < 1.29 is 9.90 Å². The topological polar surface area (TPSA) is 37.3 Å². The molecule has 0 fully saturated rings. The van der Waals surface area contributed by atoms with Crippen LogP contribution in [0.15, 0.2) is 0 Å². The van der Waals surface area contributed by atoms with Crippen molar-refractivity contribution in [3.63, 3.8) is 0 Å². The number of thiol groups is 6. The molecule has 0 amide bonds. The zero-order valence-corrected chi connectivity index (χ0v) is 11.0. The first-order valence-corrected chi connectivity index (χ1v) is 5.32. The maximum absolute atomic E-state index is 10.7. The molecule has 8 heteroatoms. The van der Waals surface area contributed by atoms with Gasteiger partial charge in [0.2, 0.25) is 0 Å². The van der Waals surface area contributed by atoms with Gasteiger partial charge in [0.15, 0.2) is 0 Å². The summed E-state index contributed by atoms with van der Waals surface area (Å²) in [6, 6.07) is 0. The van der Waals surface area contributed by atoms with Gasteiger partial charge in [0, 0.05) is 0 Å². The smallest absolute Gasteiger partial charge is 0.312 e. The zero-order chi connectivity index (χ0) is 10.2. The fraction of sp³-hybridized carbons (Fsp3) is 0.750. The maximum Gasteiger partial charge on any atom is 0.312 e. The molecule has 0 rings (SSSR count). The van der Waals surface area contributed by atoms with Crippen molar-refractivity contribution in [2.75, 3.05) is 0 Å². The van der Waals surface area contributed by atoms with E-state index in [2.05, 4.69) is 75.8 Å². The zero-order valence-electron chi connectivity index (χ0n) is 5.62. The summed E-state index contributed by atoms with van der Waals surface area (Å²) >= 11 is 23.3. The summed E-state index contributed by atoms with van der Waals surface area (Å²) in [5.74, 6) is -2.27. The number of rotatable bonds is 3. The molecule has 0 aromatic carbocycles. The van der Waals surface area contributed by atoms with Crippen LogP contribution in [0.2, 0.25) is 0 Å². The molecule has 0 aliphatic carbocycles. The monoisotopic (exact) mass is 280 g/mol. The van der Waals surface area contributed by atoms with Crippen molar-refractivity contribution in [2.45, 2.75) is 6.82 Å². The predicted octanol–water partition coefficient (Wildman–Crippen LogP) is 1.57. The van der Waals surface area contributed by atoms with Crippen LogP contribution >= 0.6 is 75.8 Å². The van der Waals surface area contributed by atoms with Crippen molar-refractivity contribution in [1.29, 1.82) is 0 Å². The Morgan fingerprint density at radius 3 is 1.25 bits per heavy atom. The highest BCUT2D eigenvalue weighted by Crippen LogP contribution is 2.46. The van der Waals surface area contributed by atoms with E-state index in [1.807, 2.05) is 0 Å². The molecular weight excluding hydrogens is 272 g/mol. The van der Waals surface area contributed by atoms with E-state index >= 15 is 0 Å². The second-order valence-corrected chi connectivity index (χ2v) is 8.50. The molecule has 72 valence electrons. The average Bonchev–Trinajstić information content (AvgIpc) is 1.49. The van der Waals surface area contributed by atoms with Gasteiger partial charge in [-0.2, -0.15) is 75.8 Å². The Morgan fingerprint density at radius 2 is 1.25 bits per heavy atom. The molecule has 1 N–H and O–H groups in total. The van der Waals surface area contributed by atoms with Gasteiger partial charge >= 0.3 is 5.97 Å². The van der Waals surface area contributed by atoms with Gasteiger partial charge in [-0.05, 0) is 0 Å². The molecule has 0 aromatic rings. The summed E-state index contributed by atoms with van der Waals surface area (Å²) in [5.41, 5.74) is 0. The molecule has 0 aromatic heterocycles. The van der Waals surface area contributed by atoms with E-state index in [1.165, 1.54) is 0 Å². The summed E-state index contributed by atoms with van der Waals surface area (Å²) in [6.45, 7) is 0. The molecule has 0 saturated heterocycles. The van der Waals surface area contributed by atoms with Crippen molar-refractivity contribution >= 4 is 81.7 Å². The Balaban J connectivity index is 4.82. The van der Waals surface area contributed by atoms with Crippen molar-refractivity contribution in [1.82, 2.24) is 0 Å². The Morgan fingerprint density at radius 1 is 1.00 bits per heavy atom. The van der Waals surface area contributed by atoms with E-state index in [4.69, 9.17) is 5.11 Å². The summed E-state index contributed by atoms with van der Waals surface area (Å²) in [4.78, 5) is 10.7. The number of carbonyl (C=O) groups is 1. The maximum atomic E-state index is 10.7. The van der Waals surface area contributed by atoms with Crippen molar-refractivity contribution in [3.05, 3.63) is 0 Å². The number of aliphatic carboxylic acids is 1. The SMILES string of the molecule is O=C(O)C(C(S)(S)S)C(S)(S)S. The highest BCUT2D eigenvalue weighted by Gasteiger charge is 2.45. The third kappa shape index (κ3) is 4.19. The van der Waals surface area contributed by atoms with Gasteiger partial charge < -0.3 is 5.11 Å². The van der Waals surface area contributed by atoms with Gasteiger partial charge in [0.25, 0.3) is 0 Å². The van der Waals surface area contributed by atoms with Crippen LogP contribution in [0.5, 0.6) is 0 Å². The van der Waals surface area contributed by atoms with Gasteiger partial charge in [0.1, 0.15) is 12.7 Å². The lowest BCUT2D eigenvalue weighted by Gasteiger charge is -2.32. The minimum absolute atomic E-state index is 1.12. The van der Waals surface area contributed by atoms with Crippen LogP contribution in [-0.2, 0) is 4.79 Å². The second-order valence-electron chi connectivity index (χ2n) is 2.15. The molecule has 0 aliphatic rings. The van der Waals surface area contributed by atoms with Gasteiger partial charge in [-0.15, -0.1) is 0 Å². The summed E-state index contributed by atoms with van der Waals surface area (Å²) in [6.07, 6.45) is 0. The van der Waals surface area contributed by atoms with Gasteiger partial charge in [-0.25, -0.2) is 0 Å². The molecule has 12 heavy (non-hydrogen) atoms. The molecule has 2 nitrogen and oxygen atoms in total. The van der Waals surface area contributed by atoms with Crippen LogP contribution in [0.1, 0.15) is 0 Å². The van der Waals surface area contributed by atoms with Crippen LogP contribution in [0.3, 0.4) is 0 Å². The minimum Gasteiger partial charge on any atom is -0.481 e. The summed E-state index contributed by atoms with van der Waals surface area (Å²) in [7, 11) is 0. The third-order valence-electron chi connectivity index (χ3n) is 1.02. The molecule has 0 heterocycles. The lowest BCUT2D eigenvalue weighted by molar-refractivity contribution is -0.140. The molecular formula is C4H8O2S6. The first-order valence-electron chi connectivity index (χ1n) is 2.64. The van der Waals surface area contributed by atoms with Gasteiger partial charge in [-0.1, -0.05) is 0 Å². The lowest BCUT2D eigenvalue weighted by Crippen LogP contribution is -2.39. The number of carboxylic acid groups (broad SMARTS) is 1. The van der Waals surface area contributed by atoms with Crippen LogP contribution in [0, 0.1) is 5.92 Å².